The van der Waals surface area contributed by atoms with Gasteiger partial charge in [0.15, 0.2) is 11.6 Å². The fraction of sp³-hybridized carbons (Fsp3) is 0.308. The summed E-state index contributed by atoms with van der Waals surface area (Å²) in [6.45, 7) is 0. The summed E-state index contributed by atoms with van der Waals surface area (Å²) < 4.78 is 28.0. The first-order valence-corrected chi connectivity index (χ1v) is 5.70. The van der Waals surface area contributed by atoms with E-state index in [1.54, 1.807) is 19.3 Å². The van der Waals surface area contributed by atoms with Crippen LogP contribution in [0.25, 0.3) is 0 Å². The molecule has 18 heavy (non-hydrogen) atoms. The lowest BCUT2D eigenvalue weighted by Gasteiger charge is -2.16. The first-order valence-electron chi connectivity index (χ1n) is 5.70. The second kappa shape index (κ2) is 5.27. The summed E-state index contributed by atoms with van der Waals surface area (Å²) in [6, 6.07) is 3.86. The van der Waals surface area contributed by atoms with Crippen LogP contribution in [0.5, 0.6) is 0 Å². The smallest absolute Gasteiger partial charge is 0.159 e. The van der Waals surface area contributed by atoms with E-state index in [1.165, 1.54) is 6.07 Å². The van der Waals surface area contributed by atoms with Crippen molar-refractivity contribution in [1.82, 2.24) is 14.9 Å². The lowest BCUT2D eigenvalue weighted by molar-refractivity contribution is 0.499. The van der Waals surface area contributed by atoms with E-state index in [2.05, 4.69) is 10.3 Å². The molecule has 0 spiro atoms. The SMILES string of the molecule is CNC(Cc1nccn1C)c1ccc(F)c(F)c1. The van der Waals surface area contributed by atoms with E-state index in [0.717, 1.165) is 11.9 Å². The lowest BCUT2D eigenvalue weighted by Crippen LogP contribution is -2.20. The van der Waals surface area contributed by atoms with Crippen molar-refractivity contribution in [2.45, 2.75) is 12.5 Å². The van der Waals surface area contributed by atoms with Crippen molar-refractivity contribution in [3.05, 3.63) is 53.6 Å². The van der Waals surface area contributed by atoms with Gasteiger partial charge in [0.2, 0.25) is 0 Å². The number of likely N-dealkylation sites (N-methyl/N-ethyl adjacent to an activating group) is 1. The third-order valence-corrected chi connectivity index (χ3v) is 3.00. The van der Waals surface area contributed by atoms with Crippen LogP contribution >= 0.6 is 0 Å². The van der Waals surface area contributed by atoms with Gasteiger partial charge >= 0.3 is 0 Å². The zero-order valence-corrected chi connectivity index (χ0v) is 10.3. The topological polar surface area (TPSA) is 29.9 Å². The average molecular weight is 251 g/mol. The molecule has 1 aromatic carbocycles. The molecule has 0 aliphatic carbocycles. The normalized spacial score (nSPS) is 12.7. The maximum Gasteiger partial charge on any atom is 0.159 e. The van der Waals surface area contributed by atoms with Crippen LogP contribution in [0.15, 0.2) is 30.6 Å². The molecule has 1 N–H and O–H groups in total. The summed E-state index contributed by atoms with van der Waals surface area (Å²) in [5, 5.41) is 3.09. The minimum atomic E-state index is -0.828. The Bertz CT molecular complexity index is 537. The van der Waals surface area contributed by atoms with Crippen molar-refractivity contribution in [2.24, 2.45) is 7.05 Å². The van der Waals surface area contributed by atoms with Crippen LogP contribution in [0.1, 0.15) is 17.4 Å². The van der Waals surface area contributed by atoms with Crippen molar-refractivity contribution in [3.8, 4) is 0 Å². The van der Waals surface area contributed by atoms with Crippen LogP contribution in [0, 0.1) is 11.6 Å². The zero-order chi connectivity index (χ0) is 13.1. The van der Waals surface area contributed by atoms with E-state index in [-0.39, 0.29) is 6.04 Å². The Hall–Kier alpha value is -1.75. The first kappa shape index (κ1) is 12.7. The Kier molecular flexibility index (Phi) is 3.72. The first-order chi connectivity index (χ1) is 8.61. The highest BCUT2D eigenvalue weighted by atomic mass is 19.2. The maximum atomic E-state index is 13.2. The fourth-order valence-electron chi connectivity index (χ4n) is 1.89. The number of halogens is 2. The van der Waals surface area contributed by atoms with Gasteiger partial charge in [0.05, 0.1) is 0 Å². The molecule has 2 rings (SSSR count). The quantitative estimate of drug-likeness (QED) is 0.902. The van der Waals surface area contributed by atoms with Gasteiger partial charge in [-0.1, -0.05) is 6.07 Å². The number of hydrogen-bond donors (Lipinski definition) is 1. The molecule has 0 saturated heterocycles. The second-order valence-corrected chi connectivity index (χ2v) is 4.17. The predicted molar refractivity (Wildman–Crippen MR) is 65.1 cm³/mol. The highest BCUT2D eigenvalue weighted by Crippen LogP contribution is 2.19. The minimum absolute atomic E-state index is 0.0961. The summed E-state index contributed by atoms with van der Waals surface area (Å²) in [4.78, 5) is 4.22. The third-order valence-electron chi connectivity index (χ3n) is 3.00. The van der Waals surface area contributed by atoms with Gasteiger partial charge in [-0.2, -0.15) is 0 Å². The van der Waals surface area contributed by atoms with Crippen molar-refractivity contribution < 1.29 is 8.78 Å². The van der Waals surface area contributed by atoms with Gasteiger partial charge in [-0.3, -0.25) is 0 Å². The highest BCUT2D eigenvalue weighted by Gasteiger charge is 2.14. The summed E-state index contributed by atoms with van der Waals surface area (Å²) in [7, 11) is 3.69. The predicted octanol–water partition coefficient (Wildman–Crippen LogP) is 2.20. The molecule has 0 fully saturated rings. The van der Waals surface area contributed by atoms with Crippen LogP contribution in [0.4, 0.5) is 8.78 Å². The molecular weight excluding hydrogens is 236 g/mol. The summed E-state index contributed by atoms with van der Waals surface area (Å²) in [6.07, 6.45) is 4.19. The Morgan fingerprint density at radius 3 is 2.67 bits per heavy atom. The molecular formula is C13H15F2N3. The molecule has 2 aromatic rings. The van der Waals surface area contributed by atoms with Gasteiger partial charge in [0.1, 0.15) is 5.82 Å². The molecule has 1 heterocycles. The molecule has 0 bridgehead atoms. The highest BCUT2D eigenvalue weighted by molar-refractivity contribution is 5.22. The molecule has 1 atom stereocenters. The molecule has 0 aliphatic heterocycles. The van der Waals surface area contributed by atoms with Crippen molar-refractivity contribution >= 4 is 0 Å². The summed E-state index contributed by atoms with van der Waals surface area (Å²) in [5.41, 5.74) is 0.708. The summed E-state index contributed by atoms with van der Waals surface area (Å²) >= 11 is 0. The van der Waals surface area contributed by atoms with Gasteiger partial charge < -0.3 is 9.88 Å². The van der Waals surface area contributed by atoms with Gasteiger partial charge in [-0.15, -0.1) is 0 Å². The maximum absolute atomic E-state index is 13.2. The van der Waals surface area contributed by atoms with Crippen LogP contribution < -0.4 is 5.32 Å². The van der Waals surface area contributed by atoms with E-state index in [1.807, 2.05) is 17.8 Å². The number of imidazole rings is 1. The minimum Gasteiger partial charge on any atom is -0.338 e. The van der Waals surface area contributed by atoms with E-state index < -0.39 is 11.6 Å². The van der Waals surface area contributed by atoms with E-state index >= 15 is 0 Å². The number of aryl methyl sites for hydroxylation is 1. The number of nitrogens with one attached hydrogen (secondary N) is 1. The Morgan fingerprint density at radius 1 is 1.33 bits per heavy atom. The van der Waals surface area contributed by atoms with E-state index in [9.17, 15) is 8.78 Å². The van der Waals surface area contributed by atoms with Crippen LogP contribution in [0.2, 0.25) is 0 Å². The average Bonchev–Trinajstić information content (AvgIpc) is 2.75. The lowest BCUT2D eigenvalue weighted by atomic mass is 10.0. The molecule has 96 valence electrons. The number of aromatic nitrogens is 2. The number of benzene rings is 1. The monoisotopic (exact) mass is 251 g/mol. The van der Waals surface area contributed by atoms with Crippen LogP contribution in [-0.2, 0) is 13.5 Å². The van der Waals surface area contributed by atoms with Crippen molar-refractivity contribution in [1.29, 1.82) is 0 Å². The molecule has 1 aromatic heterocycles. The van der Waals surface area contributed by atoms with Gasteiger partial charge in [-0.05, 0) is 24.7 Å². The zero-order valence-electron chi connectivity index (χ0n) is 10.3. The third kappa shape index (κ3) is 2.56. The van der Waals surface area contributed by atoms with Gasteiger partial charge in [-0.25, -0.2) is 13.8 Å². The van der Waals surface area contributed by atoms with E-state index in [0.29, 0.717) is 12.0 Å². The molecule has 0 radical (unpaired) electrons. The Labute approximate surface area is 104 Å². The molecule has 0 aliphatic rings. The van der Waals surface area contributed by atoms with Crippen molar-refractivity contribution in [2.75, 3.05) is 7.05 Å². The number of rotatable bonds is 4. The Morgan fingerprint density at radius 2 is 2.11 bits per heavy atom. The molecule has 5 heteroatoms. The van der Waals surface area contributed by atoms with Crippen LogP contribution in [-0.4, -0.2) is 16.6 Å². The largest absolute Gasteiger partial charge is 0.338 e. The molecule has 0 amide bonds. The Balaban J connectivity index is 2.23. The number of hydrogen-bond acceptors (Lipinski definition) is 2. The number of nitrogens with zero attached hydrogens (tertiary/aromatic N) is 2. The molecule has 1 unspecified atom stereocenters. The standard InChI is InChI=1S/C13H15F2N3/c1-16-12(8-13-17-5-6-18(13)2)9-3-4-10(14)11(15)7-9/h3-7,12,16H,8H2,1-2H3. The van der Waals surface area contributed by atoms with Crippen LogP contribution in [0.3, 0.4) is 0 Å². The molecule has 0 saturated carbocycles. The van der Waals surface area contributed by atoms with E-state index in [4.69, 9.17) is 0 Å². The second-order valence-electron chi connectivity index (χ2n) is 4.17. The van der Waals surface area contributed by atoms with Gasteiger partial charge in [0.25, 0.3) is 0 Å². The molecule has 3 nitrogen and oxygen atoms in total. The van der Waals surface area contributed by atoms with Gasteiger partial charge in [0, 0.05) is 31.9 Å². The summed E-state index contributed by atoms with van der Waals surface area (Å²) in [5.74, 6) is -0.766. The fourth-order valence-corrected chi connectivity index (χ4v) is 1.89. The van der Waals surface area contributed by atoms with Crippen molar-refractivity contribution in [3.63, 3.8) is 0 Å².